The van der Waals surface area contributed by atoms with Gasteiger partial charge in [-0.3, -0.25) is 9.69 Å². The van der Waals surface area contributed by atoms with Crippen LogP contribution in [0.25, 0.3) is 0 Å². The molecular formula is C15H19BrFNO2. The van der Waals surface area contributed by atoms with Crippen molar-refractivity contribution in [3.8, 4) is 0 Å². The Morgan fingerprint density at radius 3 is 2.95 bits per heavy atom. The molecule has 3 nitrogen and oxygen atoms in total. The van der Waals surface area contributed by atoms with Crippen LogP contribution in [0, 0.1) is 5.82 Å². The largest absolute Gasteiger partial charge is 0.368 e. The first-order valence-electron chi connectivity index (χ1n) is 6.79. The molecule has 20 heavy (non-hydrogen) atoms. The maximum absolute atomic E-state index is 13.0. The monoisotopic (exact) mass is 343 g/mol. The molecule has 1 unspecified atom stereocenters. The van der Waals surface area contributed by atoms with Crippen LogP contribution in [0.2, 0.25) is 0 Å². The summed E-state index contributed by atoms with van der Waals surface area (Å²) in [6, 6.07) is 4.80. The van der Waals surface area contributed by atoms with Gasteiger partial charge in [-0.25, -0.2) is 4.39 Å². The highest BCUT2D eigenvalue weighted by Gasteiger charge is 2.27. The molecule has 5 heteroatoms. The van der Waals surface area contributed by atoms with Crippen molar-refractivity contribution in [1.29, 1.82) is 0 Å². The van der Waals surface area contributed by atoms with Crippen LogP contribution in [0.1, 0.15) is 19.4 Å². The van der Waals surface area contributed by atoms with Crippen molar-refractivity contribution in [3.63, 3.8) is 0 Å². The van der Waals surface area contributed by atoms with Crippen LogP contribution in [0.15, 0.2) is 22.7 Å². The van der Waals surface area contributed by atoms with E-state index in [-0.39, 0.29) is 24.1 Å². The molecule has 0 aromatic heterocycles. The molecule has 1 atom stereocenters. The first-order chi connectivity index (χ1) is 9.47. The van der Waals surface area contributed by atoms with E-state index in [2.05, 4.69) is 34.7 Å². The van der Waals surface area contributed by atoms with Crippen LogP contribution in [-0.2, 0) is 16.0 Å². The fourth-order valence-corrected chi connectivity index (χ4v) is 2.79. The molecule has 0 bridgehead atoms. The van der Waals surface area contributed by atoms with Crippen LogP contribution in [0.3, 0.4) is 0 Å². The zero-order valence-corrected chi connectivity index (χ0v) is 13.3. The second-order valence-electron chi connectivity index (χ2n) is 5.33. The van der Waals surface area contributed by atoms with Crippen molar-refractivity contribution in [1.82, 2.24) is 4.90 Å². The van der Waals surface area contributed by atoms with Gasteiger partial charge in [-0.2, -0.15) is 0 Å². The third-order valence-electron chi connectivity index (χ3n) is 3.57. The molecule has 0 aliphatic carbocycles. The van der Waals surface area contributed by atoms with Gasteiger partial charge >= 0.3 is 0 Å². The molecule has 1 aliphatic rings. The van der Waals surface area contributed by atoms with E-state index in [0.717, 1.165) is 12.1 Å². The Balaban J connectivity index is 2.00. The summed E-state index contributed by atoms with van der Waals surface area (Å²) in [5.41, 5.74) is 0.793. The second kappa shape index (κ2) is 6.78. The number of carbonyl (C=O) groups is 1. The number of Topliss-reactive ketones (excluding diaryl/α,β-unsaturated/α-hetero) is 1. The van der Waals surface area contributed by atoms with Crippen molar-refractivity contribution in [2.24, 2.45) is 0 Å². The molecule has 1 saturated heterocycles. The highest BCUT2D eigenvalue weighted by Crippen LogP contribution is 2.20. The first-order valence-corrected chi connectivity index (χ1v) is 7.59. The summed E-state index contributed by atoms with van der Waals surface area (Å²) >= 11 is 3.29. The molecule has 0 radical (unpaired) electrons. The van der Waals surface area contributed by atoms with Crippen molar-refractivity contribution < 1.29 is 13.9 Å². The lowest BCUT2D eigenvalue weighted by Crippen LogP contribution is -2.49. The van der Waals surface area contributed by atoms with Crippen molar-refractivity contribution >= 4 is 21.7 Å². The molecule has 0 saturated carbocycles. The van der Waals surface area contributed by atoms with E-state index in [1.807, 2.05) is 0 Å². The zero-order chi connectivity index (χ0) is 14.7. The molecule has 0 N–H and O–H groups in total. The Morgan fingerprint density at radius 2 is 2.30 bits per heavy atom. The fraction of sp³-hybridized carbons (Fsp3) is 0.533. The Bertz CT molecular complexity index is 493. The molecule has 1 aromatic carbocycles. The summed E-state index contributed by atoms with van der Waals surface area (Å²) in [5, 5.41) is 0. The van der Waals surface area contributed by atoms with Gasteiger partial charge in [0.05, 0.1) is 6.61 Å². The van der Waals surface area contributed by atoms with Gasteiger partial charge in [0.25, 0.3) is 0 Å². The lowest BCUT2D eigenvalue weighted by Gasteiger charge is -2.34. The topological polar surface area (TPSA) is 29.5 Å². The van der Waals surface area contributed by atoms with Gasteiger partial charge in [0.1, 0.15) is 11.9 Å². The number of hydrogen-bond donors (Lipinski definition) is 0. The standard InChI is InChI=1S/C15H19BrFNO2/c1-10(2)18-5-6-20-15(9-18)14(19)7-11-3-4-12(17)8-13(11)16/h3-4,8,10,15H,5-7,9H2,1-2H3. The number of nitrogens with zero attached hydrogens (tertiary/aromatic N) is 1. The molecule has 1 aromatic rings. The summed E-state index contributed by atoms with van der Waals surface area (Å²) in [4.78, 5) is 14.5. The lowest BCUT2D eigenvalue weighted by molar-refractivity contribution is -0.136. The average Bonchev–Trinajstić information content (AvgIpc) is 2.42. The molecule has 1 fully saturated rings. The number of morpholine rings is 1. The highest BCUT2D eigenvalue weighted by atomic mass is 79.9. The van der Waals surface area contributed by atoms with Gasteiger partial charge in [0, 0.05) is 30.0 Å². The maximum Gasteiger partial charge on any atom is 0.167 e. The number of rotatable bonds is 4. The molecular weight excluding hydrogens is 325 g/mol. The summed E-state index contributed by atoms with van der Waals surface area (Å²) in [6.07, 6.45) is -0.125. The minimum atomic E-state index is -0.386. The van der Waals surface area contributed by atoms with E-state index in [1.165, 1.54) is 12.1 Å². The van der Waals surface area contributed by atoms with Crippen molar-refractivity contribution in [3.05, 3.63) is 34.1 Å². The predicted octanol–water partition coefficient (Wildman–Crippen LogP) is 2.81. The van der Waals surface area contributed by atoms with Gasteiger partial charge in [0.15, 0.2) is 5.78 Å². The van der Waals surface area contributed by atoms with Gasteiger partial charge in [0.2, 0.25) is 0 Å². The van der Waals surface area contributed by atoms with E-state index in [1.54, 1.807) is 6.07 Å². The Labute approximate surface area is 127 Å². The fourth-order valence-electron chi connectivity index (χ4n) is 2.30. The molecule has 2 rings (SSSR count). The summed E-state index contributed by atoms with van der Waals surface area (Å²) in [5.74, 6) is -0.268. The predicted molar refractivity (Wildman–Crippen MR) is 79.3 cm³/mol. The third-order valence-corrected chi connectivity index (χ3v) is 4.31. The Hall–Kier alpha value is -0.780. The Morgan fingerprint density at radius 1 is 1.55 bits per heavy atom. The van der Waals surface area contributed by atoms with Crippen molar-refractivity contribution in [2.45, 2.75) is 32.4 Å². The van der Waals surface area contributed by atoms with E-state index in [0.29, 0.717) is 23.7 Å². The smallest absolute Gasteiger partial charge is 0.167 e. The van der Waals surface area contributed by atoms with E-state index in [4.69, 9.17) is 4.74 Å². The van der Waals surface area contributed by atoms with E-state index >= 15 is 0 Å². The van der Waals surface area contributed by atoms with Crippen LogP contribution >= 0.6 is 15.9 Å². The molecule has 0 spiro atoms. The quantitative estimate of drug-likeness (QED) is 0.841. The lowest BCUT2D eigenvalue weighted by atomic mass is 10.0. The zero-order valence-electron chi connectivity index (χ0n) is 11.7. The summed E-state index contributed by atoms with van der Waals surface area (Å²) < 4.78 is 19.2. The number of carbonyl (C=O) groups excluding carboxylic acids is 1. The van der Waals surface area contributed by atoms with Crippen LogP contribution in [-0.4, -0.2) is 42.5 Å². The van der Waals surface area contributed by atoms with Gasteiger partial charge in [-0.1, -0.05) is 22.0 Å². The van der Waals surface area contributed by atoms with Gasteiger partial charge in [-0.15, -0.1) is 0 Å². The normalized spacial score (nSPS) is 20.4. The minimum absolute atomic E-state index is 0.0441. The highest BCUT2D eigenvalue weighted by molar-refractivity contribution is 9.10. The number of halogens is 2. The average molecular weight is 344 g/mol. The van der Waals surface area contributed by atoms with E-state index in [9.17, 15) is 9.18 Å². The molecule has 1 heterocycles. The first kappa shape index (κ1) is 15.6. The SMILES string of the molecule is CC(C)N1CCOC(C(=O)Cc2ccc(F)cc2Br)C1. The number of benzene rings is 1. The Kier molecular flexibility index (Phi) is 5.29. The van der Waals surface area contributed by atoms with E-state index < -0.39 is 0 Å². The summed E-state index contributed by atoms with van der Waals surface area (Å²) in [7, 11) is 0. The third kappa shape index (κ3) is 3.87. The molecule has 1 aliphatic heterocycles. The number of ether oxygens (including phenoxy) is 1. The van der Waals surface area contributed by atoms with Crippen LogP contribution < -0.4 is 0 Å². The maximum atomic E-state index is 13.0. The number of hydrogen-bond acceptors (Lipinski definition) is 3. The minimum Gasteiger partial charge on any atom is -0.368 e. The summed E-state index contributed by atoms with van der Waals surface area (Å²) in [6.45, 7) is 6.31. The molecule has 0 amide bonds. The van der Waals surface area contributed by atoms with Gasteiger partial charge in [-0.05, 0) is 31.5 Å². The second-order valence-corrected chi connectivity index (χ2v) is 6.18. The van der Waals surface area contributed by atoms with Gasteiger partial charge < -0.3 is 4.74 Å². The van der Waals surface area contributed by atoms with Crippen LogP contribution in [0.5, 0.6) is 0 Å². The molecule has 110 valence electrons. The van der Waals surface area contributed by atoms with Crippen molar-refractivity contribution in [2.75, 3.05) is 19.7 Å². The van der Waals surface area contributed by atoms with Crippen LogP contribution in [0.4, 0.5) is 4.39 Å². The number of ketones is 1.